The number of fused-ring (bicyclic) bond motifs is 1. The summed E-state index contributed by atoms with van der Waals surface area (Å²) in [6.45, 7) is 2.69. The van der Waals surface area contributed by atoms with Crippen LogP contribution in [0.1, 0.15) is 28.7 Å². The van der Waals surface area contributed by atoms with Crippen molar-refractivity contribution in [2.24, 2.45) is 0 Å². The molecule has 4 rings (SSSR count). The molecule has 4 nitrogen and oxygen atoms in total. The topological polar surface area (TPSA) is 41.6 Å². The quantitative estimate of drug-likeness (QED) is 0.588. The molecule has 0 unspecified atom stereocenters. The van der Waals surface area contributed by atoms with Gasteiger partial charge in [-0.3, -0.25) is 4.79 Å². The van der Waals surface area contributed by atoms with Crippen molar-refractivity contribution in [1.82, 2.24) is 5.32 Å². The highest BCUT2D eigenvalue weighted by Crippen LogP contribution is 2.24. The van der Waals surface area contributed by atoms with Gasteiger partial charge in [0, 0.05) is 31.7 Å². The number of amides is 1. The first-order valence-corrected chi connectivity index (χ1v) is 11.0. The molecule has 1 amide bonds. The van der Waals surface area contributed by atoms with Crippen molar-refractivity contribution in [2.45, 2.75) is 32.2 Å². The van der Waals surface area contributed by atoms with E-state index in [9.17, 15) is 4.79 Å². The Hall–Kier alpha value is -3.27. The Balaban J connectivity index is 1.20. The van der Waals surface area contributed by atoms with Gasteiger partial charge in [0.2, 0.25) is 5.91 Å². The number of carbonyl (C=O) groups excluding carboxylic acids is 1. The molecule has 3 aromatic carbocycles. The Morgan fingerprint density at radius 2 is 1.58 bits per heavy atom. The fourth-order valence-corrected chi connectivity index (χ4v) is 4.07. The van der Waals surface area contributed by atoms with Gasteiger partial charge < -0.3 is 15.0 Å². The van der Waals surface area contributed by atoms with Gasteiger partial charge in [-0.05, 0) is 65.8 Å². The van der Waals surface area contributed by atoms with Crippen LogP contribution in [0.25, 0.3) is 0 Å². The Morgan fingerprint density at radius 1 is 0.903 bits per heavy atom. The maximum absolute atomic E-state index is 12.1. The zero-order valence-electron chi connectivity index (χ0n) is 18.1. The van der Waals surface area contributed by atoms with Crippen LogP contribution in [0.5, 0.6) is 5.75 Å². The largest absolute Gasteiger partial charge is 0.497 e. The van der Waals surface area contributed by atoms with Crippen LogP contribution < -0.4 is 15.0 Å². The fourth-order valence-electron chi connectivity index (χ4n) is 4.07. The third-order valence-electron chi connectivity index (χ3n) is 5.97. The predicted molar refractivity (Wildman–Crippen MR) is 126 cm³/mol. The molecular weight excluding hydrogens is 384 g/mol. The molecule has 0 atom stereocenters. The summed E-state index contributed by atoms with van der Waals surface area (Å²) in [5.74, 6) is 0.934. The van der Waals surface area contributed by atoms with Gasteiger partial charge in [0.05, 0.1) is 7.11 Å². The molecule has 1 aliphatic heterocycles. The average molecular weight is 415 g/mol. The number of methoxy groups -OCH3 is 1. The number of anilines is 1. The maximum Gasteiger partial charge on any atom is 0.220 e. The van der Waals surface area contributed by atoms with Crippen molar-refractivity contribution in [3.05, 3.63) is 95.1 Å². The summed E-state index contributed by atoms with van der Waals surface area (Å²) in [4.78, 5) is 14.6. The van der Waals surface area contributed by atoms with E-state index in [1.165, 1.54) is 22.4 Å². The van der Waals surface area contributed by atoms with Crippen LogP contribution in [0.4, 0.5) is 5.69 Å². The van der Waals surface area contributed by atoms with E-state index in [2.05, 4.69) is 58.7 Å². The number of benzene rings is 3. The lowest BCUT2D eigenvalue weighted by Gasteiger charge is -2.30. The van der Waals surface area contributed by atoms with Gasteiger partial charge in [-0.2, -0.15) is 0 Å². The summed E-state index contributed by atoms with van der Waals surface area (Å²) >= 11 is 0. The van der Waals surface area contributed by atoms with Crippen molar-refractivity contribution in [3.8, 4) is 5.75 Å². The first kappa shape index (κ1) is 21.0. The Morgan fingerprint density at radius 3 is 2.32 bits per heavy atom. The van der Waals surface area contributed by atoms with E-state index in [-0.39, 0.29) is 5.91 Å². The monoisotopic (exact) mass is 414 g/mol. The van der Waals surface area contributed by atoms with E-state index < -0.39 is 0 Å². The average Bonchev–Trinajstić information content (AvgIpc) is 2.83. The molecule has 1 aliphatic rings. The molecular formula is C27H30N2O2. The third kappa shape index (κ3) is 5.66. The van der Waals surface area contributed by atoms with Crippen molar-refractivity contribution in [1.29, 1.82) is 0 Å². The van der Waals surface area contributed by atoms with Crippen LogP contribution in [0.15, 0.2) is 72.8 Å². The summed E-state index contributed by atoms with van der Waals surface area (Å²) in [6, 6.07) is 25.4. The van der Waals surface area contributed by atoms with Crippen LogP contribution in [0.3, 0.4) is 0 Å². The third-order valence-corrected chi connectivity index (χ3v) is 5.97. The molecule has 0 radical (unpaired) electrons. The minimum Gasteiger partial charge on any atom is -0.497 e. The molecule has 1 heterocycles. The molecule has 4 heteroatoms. The Bertz CT molecular complexity index is 997. The number of carbonyl (C=O) groups is 1. The fraction of sp³-hybridized carbons (Fsp3) is 0.296. The second-order valence-corrected chi connectivity index (χ2v) is 8.05. The van der Waals surface area contributed by atoms with Gasteiger partial charge in [-0.1, -0.05) is 48.5 Å². The Labute approximate surface area is 184 Å². The van der Waals surface area contributed by atoms with Gasteiger partial charge in [0.25, 0.3) is 0 Å². The zero-order chi connectivity index (χ0) is 21.5. The number of nitrogens with zero attached hydrogens (tertiary/aromatic N) is 1. The van der Waals surface area contributed by atoms with Gasteiger partial charge in [-0.25, -0.2) is 0 Å². The molecule has 31 heavy (non-hydrogen) atoms. The lowest BCUT2D eigenvalue weighted by atomic mass is 9.99. The van der Waals surface area contributed by atoms with E-state index in [4.69, 9.17) is 4.74 Å². The summed E-state index contributed by atoms with van der Waals surface area (Å²) in [6.07, 6.45) is 3.18. The molecule has 0 saturated heterocycles. The van der Waals surface area contributed by atoms with Crippen LogP contribution in [0, 0.1) is 0 Å². The zero-order valence-corrected chi connectivity index (χ0v) is 18.1. The number of ether oxygens (including phenoxy) is 1. The molecule has 1 N–H and O–H groups in total. The summed E-state index contributed by atoms with van der Waals surface area (Å²) in [5.41, 5.74) is 6.55. The van der Waals surface area contributed by atoms with Crippen LogP contribution in [0.2, 0.25) is 0 Å². The van der Waals surface area contributed by atoms with Crippen molar-refractivity contribution in [3.63, 3.8) is 0 Å². The highest BCUT2D eigenvalue weighted by Gasteiger charge is 2.15. The first-order chi connectivity index (χ1) is 15.2. The molecule has 0 spiro atoms. The minimum atomic E-state index is 0.0967. The predicted octanol–water partition coefficient (Wildman–Crippen LogP) is 4.55. The summed E-state index contributed by atoms with van der Waals surface area (Å²) in [7, 11) is 1.66. The van der Waals surface area contributed by atoms with E-state index in [0.717, 1.165) is 43.7 Å². The molecule has 0 fully saturated rings. The van der Waals surface area contributed by atoms with E-state index >= 15 is 0 Å². The van der Waals surface area contributed by atoms with Gasteiger partial charge in [0.1, 0.15) is 5.75 Å². The molecule has 0 saturated carbocycles. The van der Waals surface area contributed by atoms with E-state index in [1.54, 1.807) is 7.11 Å². The summed E-state index contributed by atoms with van der Waals surface area (Å²) < 4.78 is 5.16. The van der Waals surface area contributed by atoms with Crippen molar-refractivity contribution >= 4 is 11.6 Å². The molecule has 0 aliphatic carbocycles. The lowest BCUT2D eigenvalue weighted by Crippen LogP contribution is -2.30. The first-order valence-electron chi connectivity index (χ1n) is 11.0. The second-order valence-electron chi connectivity index (χ2n) is 8.05. The van der Waals surface area contributed by atoms with Crippen LogP contribution in [-0.2, 0) is 30.6 Å². The highest BCUT2D eigenvalue weighted by atomic mass is 16.5. The van der Waals surface area contributed by atoms with Crippen LogP contribution in [-0.4, -0.2) is 26.1 Å². The molecule has 3 aromatic rings. The van der Waals surface area contributed by atoms with Crippen LogP contribution >= 0.6 is 0 Å². The van der Waals surface area contributed by atoms with Gasteiger partial charge in [-0.15, -0.1) is 0 Å². The second kappa shape index (κ2) is 10.2. The smallest absolute Gasteiger partial charge is 0.220 e. The lowest BCUT2D eigenvalue weighted by molar-refractivity contribution is -0.121. The number of hydrogen-bond acceptors (Lipinski definition) is 3. The Kier molecular flexibility index (Phi) is 6.88. The highest BCUT2D eigenvalue weighted by molar-refractivity contribution is 5.76. The SMILES string of the molecule is COc1ccc(CCC(=O)NCCc2ccc(N3CCc4ccccc4C3)cc2)cc1. The normalized spacial score (nSPS) is 12.9. The number of nitrogens with one attached hydrogen (secondary N) is 1. The molecule has 160 valence electrons. The van der Waals surface area contributed by atoms with E-state index in [1.807, 2.05) is 24.3 Å². The maximum atomic E-state index is 12.1. The number of hydrogen-bond donors (Lipinski definition) is 1. The number of aryl methyl sites for hydroxylation is 1. The summed E-state index contributed by atoms with van der Waals surface area (Å²) in [5, 5.41) is 3.04. The van der Waals surface area contributed by atoms with Crippen molar-refractivity contribution in [2.75, 3.05) is 25.1 Å². The van der Waals surface area contributed by atoms with Gasteiger partial charge >= 0.3 is 0 Å². The van der Waals surface area contributed by atoms with Crippen molar-refractivity contribution < 1.29 is 9.53 Å². The molecule has 0 bridgehead atoms. The van der Waals surface area contributed by atoms with E-state index in [0.29, 0.717) is 13.0 Å². The standard InChI is InChI=1S/C27H30N2O2/c1-31-26-13-8-21(9-14-26)10-15-27(30)28-18-16-22-6-11-25(12-7-22)29-19-17-23-4-2-3-5-24(23)20-29/h2-9,11-14H,10,15-20H2,1H3,(H,28,30). The number of rotatable bonds is 8. The minimum absolute atomic E-state index is 0.0967. The molecule has 0 aromatic heterocycles. The van der Waals surface area contributed by atoms with Gasteiger partial charge in [0.15, 0.2) is 0 Å².